The molecule has 4 nitrogen and oxygen atoms in total. The van der Waals surface area contributed by atoms with Crippen LogP contribution in [0.3, 0.4) is 0 Å². The summed E-state index contributed by atoms with van der Waals surface area (Å²) >= 11 is 0. The molecule has 21 heavy (non-hydrogen) atoms. The maximum atomic E-state index is 5.37. The Labute approximate surface area is 125 Å². The molecule has 1 atom stereocenters. The Hall–Kier alpha value is -1.94. The summed E-state index contributed by atoms with van der Waals surface area (Å²) in [5.41, 5.74) is 3.14. The van der Waals surface area contributed by atoms with E-state index in [9.17, 15) is 0 Å². The Bertz CT molecular complexity index is 591. The summed E-state index contributed by atoms with van der Waals surface area (Å²) in [5, 5.41) is 8.76. The molecular weight excluding hydrogens is 262 g/mol. The normalized spacial score (nSPS) is 16.2. The second-order valence-electron chi connectivity index (χ2n) is 5.47. The molecule has 1 fully saturated rings. The lowest BCUT2D eigenvalue weighted by Gasteiger charge is -2.15. The third-order valence-electron chi connectivity index (χ3n) is 4.09. The lowest BCUT2D eigenvalue weighted by molar-refractivity contribution is 0.119. The van der Waals surface area contributed by atoms with E-state index in [4.69, 9.17) is 4.74 Å². The number of ether oxygens (including phenoxy) is 1. The molecule has 1 saturated heterocycles. The number of methoxy groups -OCH3 is 1. The molecule has 110 valence electrons. The van der Waals surface area contributed by atoms with Crippen molar-refractivity contribution in [3.63, 3.8) is 0 Å². The highest BCUT2D eigenvalue weighted by Gasteiger charge is 2.14. The van der Waals surface area contributed by atoms with E-state index in [0.29, 0.717) is 0 Å². The first-order chi connectivity index (χ1) is 10.3. The minimum Gasteiger partial charge on any atom is -0.377 e. The fourth-order valence-corrected chi connectivity index (χ4v) is 2.68. The van der Waals surface area contributed by atoms with E-state index in [0.717, 1.165) is 35.7 Å². The Morgan fingerprint density at radius 3 is 2.57 bits per heavy atom. The Kier molecular flexibility index (Phi) is 4.15. The van der Waals surface area contributed by atoms with Gasteiger partial charge in [0.1, 0.15) is 0 Å². The van der Waals surface area contributed by atoms with Gasteiger partial charge >= 0.3 is 0 Å². The van der Waals surface area contributed by atoms with Crippen LogP contribution < -0.4 is 4.90 Å². The number of aromatic nitrogens is 2. The quantitative estimate of drug-likeness (QED) is 0.861. The number of nitrogens with zero attached hydrogens (tertiary/aromatic N) is 3. The lowest BCUT2D eigenvalue weighted by Crippen LogP contribution is -2.19. The zero-order valence-corrected chi connectivity index (χ0v) is 12.6. The third-order valence-corrected chi connectivity index (χ3v) is 4.09. The molecule has 1 aromatic carbocycles. The minimum atomic E-state index is 0.0850. The molecule has 0 spiro atoms. The summed E-state index contributed by atoms with van der Waals surface area (Å²) < 4.78 is 5.37. The van der Waals surface area contributed by atoms with Crippen LogP contribution in [0.5, 0.6) is 0 Å². The molecule has 4 heteroatoms. The standard InChI is InChI=1S/C17H21N3O/c1-13(21-2)14-6-5-7-15(12-14)16-8-9-17(19-18-16)20-10-3-4-11-20/h5-9,12-13H,3-4,10-11H2,1-2H3/t13-/m1/s1. The Morgan fingerprint density at radius 2 is 1.90 bits per heavy atom. The van der Waals surface area contributed by atoms with Crippen LogP contribution in [-0.2, 0) is 4.74 Å². The van der Waals surface area contributed by atoms with Crippen LogP contribution >= 0.6 is 0 Å². The number of benzene rings is 1. The van der Waals surface area contributed by atoms with Crippen molar-refractivity contribution in [1.82, 2.24) is 10.2 Å². The summed E-state index contributed by atoms with van der Waals surface area (Å²) in [6.45, 7) is 4.23. The van der Waals surface area contributed by atoms with Crippen molar-refractivity contribution in [1.29, 1.82) is 0 Å². The van der Waals surface area contributed by atoms with Gasteiger partial charge in [0.25, 0.3) is 0 Å². The van der Waals surface area contributed by atoms with E-state index in [1.54, 1.807) is 7.11 Å². The fourth-order valence-electron chi connectivity index (χ4n) is 2.68. The average molecular weight is 283 g/mol. The lowest BCUT2D eigenvalue weighted by atomic mass is 10.0. The molecule has 0 N–H and O–H groups in total. The van der Waals surface area contributed by atoms with Crippen molar-refractivity contribution in [2.24, 2.45) is 0 Å². The first kappa shape index (κ1) is 14.0. The van der Waals surface area contributed by atoms with Crippen molar-refractivity contribution >= 4 is 5.82 Å². The van der Waals surface area contributed by atoms with Gasteiger partial charge in [0, 0.05) is 25.8 Å². The van der Waals surface area contributed by atoms with Gasteiger partial charge in [0.2, 0.25) is 0 Å². The second kappa shape index (κ2) is 6.22. The average Bonchev–Trinajstić information content (AvgIpc) is 3.09. The van der Waals surface area contributed by atoms with Crippen LogP contribution in [0.2, 0.25) is 0 Å². The van der Waals surface area contributed by atoms with Gasteiger partial charge in [-0.2, -0.15) is 0 Å². The molecule has 2 heterocycles. The van der Waals surface area contributed by atoms with Crippen LogP contribution in [0.15, 0.2) is 36.4 Å². The summed E-state index contributed by atoms with van der Waals surface area (Å²) in [7, 11) is 1.72. The van der Waals surface area contributed by atoms with Crippen molar-refractivity contribution in [3.8, 4) is 11.3 Å². The molecular formula is C17H21N3O. The SMILES string of the molecule is CO[C@H](C)c1cccc(-c2ccc(N3CCCC3)nn2)c1. The van der Waals surface area contributed by atoms with Crippen LogP contribution in [-0.4, -0.2) is 30.4 Å². The van der Waals surface area contributed by atoms with E-state index in [2.05, 4.69) is 45.4 Å². The zero-order valence-electron chi connectivity index (χ0n) is 12.6. The van der Waals surface area contributed by atoms with Crippen molar-refractivity contribution in [2.45, 2.75) is 25.9 Å². The smallest absolute Gasteiger partial charge is 0.151 e. The summed E-state index contributed by atoms with van der Waals surface area (Å²) in [4.78, 5) is 2.29. The number of hydrogen-bond donors (Lipinski definition) is 0. The molecule has 3 rings (SSSR count). The van der Waals surface area contributed by atoms with Crippen LogP contribution in [0.1, 0.15) is 31.4 Å². The molecule has 2 aromatic rings. The van der Waals surface area contributed by atoms with Crippen molar-refractivity contribution in [3.05, 3.63) is 42.0 Å². The predicted octanol–water partition coefficient (Wildman–Crippen LogP) is 3.45. The minimum absolute atomic E-state index is 0.0850. The van der Waals surface area contributed by atoms with E-state index >= 15 is 0 Å². The molecule has 0 radical (unpaired) electrons. The van der Waals surface area contributed by atoms with Crippen LogP contribution in [0.4, 0.5) is 5.82 Å². The maximum absolute atomic E-state index is 5.37. The topological polar surface area (TPSA) is 38.2 Å². The number of rotatable bonds is 4. The zero-order chi connectivity index (χ0) is 14.7. The van der Waals surface area contributed by atoms with Gasteiger partial charge in [-0.15, -0.1) is 10.2 Å². The van der Waals surface area contributed by atoms with Gasteiger partial charge in [-0.05, 0) is 43.5 Å². The first-order valence-electron chi connectivity index (χ1n) is 7.50. The van der Waals surface area contributed by atoms with Crippen molar-refractivity contribution < 1.29 is 4.74 Å². The molecule has 0 amide bonds. The van der Waals surface area contributed by atoms with Gasteiger partial charge in [-0.3, -0.25) is 0 Å². The van der Waals surface area contributed by atoms with E-state index in [1.165, 1.54) is 12.8 Å². The first-order valence-corrected chi connectivity index (χ1v) is 7.50. The van der Waals surface area contributed by atoms with Crippen molar-refractivity contribution in [2.75, 3.05) is 25.1 Å². The molecule has 0 bridgehead atoms. The van der Waals surface area contributed by atoms with Crippen LogP contribution in [0, 0.1) is 0 Å². The summed E-state index contributed by atoms with van der Waals surface area (Å²) in [5.74, 6) is 0.984. The predicted molar refractivity (Wildman–Crippen MR) is 84.3 cm³/mol. The number of anilines is 1. The Morgan fingerprint density at radius 1 is 1.10 bits per heavy atom. The van der Waals surface area contributed by atoms with Gasteiger partial charge < -0.3 is 9.64 Å². The molecule has 0 saturated carbocycles. The summed E-state index contributed by atoms with van der Waals surface area (Å²) in [6, 6.07) is 12.4. The molecule has 0 aliphatic carbocycles. The highest BCUT2D eigenvalue weighted by atomic mass is 16.5. The molecule has 0 unspecified atom stereocenters. The largest absolute Gasteiger partial charge is 0.377 e. The molecule has 1 aliphatic heterocycles. The van der Waals surface area contributed by atoms with Gasteiger partial charge in [0.05, 0.1) is 11.8 Å². The second-order valence-corrected chi connectivity index (χ2v) is 5.47. The third kappa shape index (κ3) is 3.05. The highest BCUT2D eigenvalue weighted by Crippen LogP contribution is 2.24. The maximum Gasteiger partial charge on any atom is 0.151 e. The molecule has 1 aliphatic rings. The van der Waals surface area contributed by atoms with E-state index in [1.807, 2.05) is 13.0 Å². The highest BCUT2D eigenvalue weighted by molar-refractivity contribution is 5.60. The van der Waals surface area contributed by atoms with Gasteiger partial charge in [0.15, 0.2) is 5.82 Å². The fraction of sp³-hybridized carbons (Fsp3) is 0.412. The number of hydrogen-bond acceptors (Lipinski definition) is 4. The van der Waals surface area contributed by atoms with Gasteiger partial charge in [-0.25, -0.2) is 0 Å². The van der Waals surface area contributed by atoms with E-state index < -0.39 is 0 Å². The monoisotopic (exact) mass is 283 g/mol. The van der Waals surface area contributed by atoms with E-state index in [-0.39, 0.29) is 6.10 Å². The Balaban J connectivity index is 1.83. The summed E-state index contributed by atoms with van der Waals surface area (Å²) in [6.07, 6.45) is 2.59. The van der Waals surface area contributed by atoms with Crippen LogP contribution in [0.25, 0.3) is 11.3 Å². The van der Waals surface area contributed by atoms with Gasteiger partial charge in [-0.1, -0.05) is 18.2 Å². The molecule has 1 aromatic heterocycles.